The first-order chi connectivity index (χ1) is 18.6. The number of halogens is 3. The molecule has 3 aromatic carbocycles. The number of benzene rings is 3. The summed E-state index contributed by atoms with van der Waals surface area (Å²) in [5, 5.41) is 8.07. The molecule has 39 heavy (non-hydrogen) atoms. The maximum atomic E-state index is 12.9. The van der Waals surface area contributed by atoms with Crippen LogP contribution in [0.15, 0.2) is 89.6 Å². The molecule has 0 saturated heterocycles. The average molecular weight is 538 g/mol. The molecule has 0 saturated carbocycles. The third kappa shape index (κ3) is 6.42. The van der Waals surface area contributed by atoms with Crippen molar-refractivity contribution in [1.29, 1.82) is 5.41 Å². The zero-order chi connectivity index (χ0) is 28.0. The Bertz CT molecular complexity index is 1370. The lowest BCUT2D eigenvalue weighted by atomic mass is 9.76. The van der Waals surface area contributed by atoms with E-state index in [0.717, 1.165) is 16.9 Å². The van der Waals surface area contributed by atoms with Crippen molar-refractivity contribution in [1.82, 2.24) is 0 Å². The van der Waals surface area contributed by atoms with E-state index >= 15 is 0 Å². The van der Waals surface area contributed by atoms with Gasteiger partial charge in [0, 0.05) is 35.1 Å². The predicted molar refractivity (Wildman–Crippen MR) is 146 cm³/mol. The molecule has 0 amide bonds. The number of aliphatic imine (C=N–C) groups is 1. The number of rotatable bonds is 9. The fourth-order valence-corrected chi connectivity index (χ4v) is 4.89. The van der Waals surface area contributed by atoms with Gasteiger partial charge in [-0.15, -0.1) is 13.2 Å². The number of anilines is 1. The Kier molecular flexibility index (Phi) is 8.28. The zero-order valence-corrected chi connectivity index (χ0v) is 22.0. The lowest BCUT2D eigenvalue weighted by Gasteiger charge is -2.30. The van der Waals surface area contributed by atoms with Crippen molar-refractivity contribution in [3.63, 3.8) is 0 Å². The molecule has 1 aliphatic heterocycles. The monoisotopic (exact) mass is 537 g/mol. The quantitative estimate of drug-likeness (QED) is 0.239. The van der Waals surface area contributed by atoms with Crippen molar-refractivity contribution < 1.29 is 27.4 Å². The molecule has 9 heteroatoms. The van der Waals surface area contributed by atoms with E-state index in [1.165, 1.54) is 12.1 Å². The first kappa shape index (κ1) is 27.8. The second-order valence-corrected chi connectivity index (χ2v) is 9.18. The molecule has 204 valence electrons. The first-order valence-electron chi connectivity index (χ1n) is 12.4. The van der Waals surface area contributed by atoms with Gasteiger partial charge in [-0.2, -0.15) is 0 Å². The van der Waals surface area contributed by atoms with Gasteiger partial charge in [-0.25, -0.2) is 0 Å². The number of nitrogens with zero attached hydrogens (tertiary/aromatic N) is 2. The molecule has 0 spiro atoms. The summed E-state index contributed by atoms with van der Waals surface area (Å²) in [5.74, 6) is 0.458. The minimum atomic E-state index is -4.77. The topological polar surface area (TPSA) is 67.1 Å². The molecule has 1 heterocycles. The Labute approximate surface area is 225 Å². The van der Waals surface area contributed by atoms with Gasteiger partial charge in [0.15, 0.2) is 6.73 Å². The summed E-state index contributed by atoms with van der Waals surface area (Å²) in [7, 11) is 1.60. The van der Waals surface area contributed by atoms with E-state index < -0.39 is 11.8 Å². The molecule has 6 nitrogen and oxygen atoms in total. The largest absolute Gasteiger partial charge is 0.573 e. The average Bonchev–Trinajstić information content (AvgIpc) is 3.14. The van der Waals surface area contributed by atoms with E-state index in [1.807, 2.05) is 49.4 Å². The van der Waals surface area contributed by atoms with E-state index in [4.69, 9.17) is 14.9 Å². The fourth-order valence-electron chi connectivity index (χ4n) is 4.89. The minimum Gasteiger partial charge on any atom is -0.497 e. The molecule has 3 aromatic rings. The number of alkyl halides is 3. The Morgan fingerprint density at radius 2 is 1.79 bits per heavy atom. The number of allylic oxidation sites excluding steroid dienone is 2. The highest BCUT2D eigenvalue weighted by Gasteiger charge is 2.43. The van der Waals surface area contributed by atoms with E-state index in [9.17, 15) is 13.2 Å². The van der Waals surface area contributed by atoms with Gasteiger partial charge in [-0.3, -0.25) is 10.4 Å². The summed E-state index contributed by atoms with van der Waals surface area (Å²) in [6.07, 6.45) is -0.828. The summed E-state index contributed by atoms with van der Waals surface area (Å²) >= 11 is 0. The third-order valence-corrected chi connectivity index (χ3v) is 6.61. The normalized spacial score (nSPS) is 17.9. The maximum Gasteiger partial charge on any atom is 0.573 e. The highest BCUT2D eigenvalue weighted by molar-refractivity contribution is 5.91. The molecule has 1 N–H and O–H groups in total. The van der Waals surface area contributed by atoms with Crippen LogP contribution in [-0.4, -0.2) is 38.9 Å². The highest BCUT2D eigenvalue weighted by atomic mass is 19.4. The van der Waals surface area contributed by atoms with Crippen molar-refractivity contribution in [2.45, 2.75) is 32.0 Å². The Morgan fingerprint density at radius 3 is 2.49 bits per heavy atom. The van der Waals surface area contributed by atoms with E-state index in [0.29, 0.717) is 29.8 Å². The molecular weight excluding hydrogens is 507 g/mol. The van der Waals surface area contributed by atoms with Crippen molar-refractivity contribution in [2.24, 2.45) is 4.99 Å². The number of fused-ring (bicyclic) bond motifs is 1. The van der Waals surface area contributed by atoms with Crippen LogP contribution in [0.5, 0.6) is 11.5 Å². The minimum absolute atomic E-state index is 0.0294. The molecule has 0 fully saturated rings. The second kappa shape index (κ2) is 11.6. The molecule has 4 rings (SSSR count). The summed E-state index contributed by atoms with van der Waals surface area (Å²) in [6, 6.07) is 21.0. The van der Waals surface area contributed by atoms with Gasteiger partial charge in [0.2, 0.25) is 5.90 Å². The molecule has 1 atom stereocenters. The molecule has 0 radical (unpaired) electrons. The van der Waals surface area contributed by atoms with Crippen molar-refractivity contribution in [2.75, 3.05) is 25.3 Å². The maximum absolute atomic E-state index is 12.9. The van der Waals surface area contributed by atoms with Crippen LogP contribution in [0, 0.1) is 5.41 Å². The van der Waals surface area contributed by atoms with Gasteiger partial charge < -0.3 is 19.1 Å². The molecule has 0 aliphatic carbocycles. The summed E-state index contributed by atoms with van der Waals surface area (Å²) in [6.45, 7) is 4.73. The molecule has 1 unspecified atom stereocenters. The van der Waals surface area contributed by atoms with Crippen molar-refractivity contribution >= 4 is 17.8 Å². The van der Waals surface area contributed by atoms with Gasteiger partial charge >= 0.3 is 6.36 Å². The van der Waals surface area contributed by atoms with Crippen LogP contribution in [-0.2, 0) is 16.6 Å². The number of methoxy groups -OCH3 is 1. The number of hydrogen-bond acceptors (Lipinski definition) is 6. The standard InChI is InChI=1S/C30H30F3N3O3/c1-4-36-26-14-13-23(37-3)18-25(26)29(2,19-21-9-8-12-24(17-21)39-30(31,32)33)27(36)15-16-35-20-38-28(34)22-10-6-5-7-11-22/h5-18,34H,4,19-20H2,1-3H3/b27-15-,34-28?,35-16-. The smallest absolute Gasteiger partial charge is 0.497 e. The van der Waals surface area contributed by atoms with Crippen molar-refractivity contribution in [3.05, 3.63) is 101 Å². The predicted octanol–water partition coefficient (Wildman–Crippen LogP) is 6.89. The SMILES string of the molecule is CCN1/C(=C\C=N/COC(=N)c2ccccc2)C(C)(Cc2cccc(OC(F)(F)F)c2)c2cc(OC)ccc21. The van der Waals surface area contributed by atoms with Crippen LogP contribution in [0.2, 0.25) is 0 Å². The summed E-state index contributed by atoms with van der Waals surface area (Å²) in [4.78, 5) is 6.49. The summed E-state index contributed by atoms with van der Waals surface area (Å²) < 4.78 is 53.7. The van der Waals surface area contributed by atoms with Crippen LogP contribution in [0.3, 0.4) is 0 Å². The number of hydrogen-bond donors (Lipinski definition) is 1. The van der Waals surface area contributed by atoms with E-state index in [2.05, 4.69) is 21.6 Å². The van der Waals surface area contributed by atoms with Crippen molar-refractivity contribution in [3.8, 4) is 11.5 Å². The van der Waals surface area contributed by atoms with Crippen LogP contribution < -0.4 is 14.4 Å². The molecular formula is C30H30F3N3O3. The van der Waals surface area contributed by atoms with Crippen LogP contribution in [0.1, 0.15) is 30.5 Å². The van der Waals surface area contributed by atoms with Crippen LogP contribution >= 0.6 is 0 Å². The van der Waals surface area contributed by atoms with E-state index in [-0.39, 0.29) is 18.4 Å². The highest BCUT2D eigenvalue weighted by Crippen LogP contribution is 2.50. The zero-order valence-electron chi connectivity index (χ0n) is 22.0. The van der Waals surface area contributed by atoms with Crippen LogP contribution in [0.25, 0.3) is 0 Å². The summed E-state index contributed by atoms with van der Waals surface area (Å²) in [5.41, 5.74) is 3.65. The molecule has 1 aliphatic rings. The van der Waals surface area contributed by atoms with Gasteiger partial charge in [0.05, 0.1) is 7.11 Å². The fraction of sp³-hybridized carbons (Fsp3) is 0.267. The molecule has 0 aromatic heterocycles. The van der Waals surface area contributed by atoms with E-state index in [1.54, 1.807) is 37.6 Å². The number of ether oxygens (including phenoxy) is 3. The second-order valence-electron chi connectivity index (χ2n) is 9.18. The van der Waals surface area contributed by atoms with Gasteiger partial charge in [-0.1, -0.05) is 30.3 Å². The Balaban J connectivity index is 1.64. The number of likely N-dealkylation sites (N-methyl/N-ethyl adjacent to an activating group) is 1. The Hall–Kier alpha value is -4.27. The van der Waals surface area contributed by atoms with Crippen LogP contribution in [0.4, 0.5) is 18.9 Å². The van der Waals surface area contributed by atoms with Gasteiger partial charge in [0.1, 0.15) is 11.5 Å². The molecule has 0 bridgehead atoms. The first-order valence-corrected chi connectivity index (χ1v) is 12.4. The number of nitrogens with one attached hydrogen (secondary N) is 1. The lowest BCUT2D eigenvalue weighted by molar-refractivity contribution is -0.274. The third-order valence-electron chi connectivity index (χ3n) is 6.61. The van der Waals surface area contributed by atoms with Gasteiger partial charge in [-0.05, 0) is 79.9 Å². The Morgan fingerprint density at radius 1 is 1.03 bits per heavy atom. The van der Waals surface area contributed by atoms with Gasteiger partial charge in [0.25, 0.3) is 0 Å². The lowest BCUT2D eigenvalue weighted by Crippen LogP contribution is -2.30.